The molecule has 0 spiro atoms. The van der Waals surface area contributed by atoms with Gasteiger partial charge in [0, 0.05) is 45.2 Å². The quantitative estimate of drug-likeness (QED) is 0.779. The van der Waals surface area contributed by atoms with Gasteiger partial charge in [0.15, 0.2) is 0 Å². The summed E-state index contributed by atoms with van der Waals surface area (Å²) in [6.45, 7) is 8.36. The van der Waals surface area contributed by atoms with Crippen LogP contribution in [0.1, 0.15) is 19.8 Å². The maximum Gasteiger partial charge on any atom is 0.222 e. The van der Waals surface area contributed by atoms with E-state index in [0.29, 0.717) is 18.4 Å². The Morgan fingerprint density at radius 1 is 1.32 bits per heavy atom. The van der Waals surface area contributed by atoms with E-state index in [0.717, 1.165) is 52.4 Å². The van der Waals surface area contributed by atoms with Crippen LogP contribution < -0.4 is 0 Å². The average molecular weight is 307 g/mol. The van der Waals surface area contributed by atoms with Crippen molar-refractivity contribution >= 4 is 5.91 Å². The summed E-state index contributed by atoms with van der Waals surface area (Å²) in [5.74, 6) is 0.806. The van der Waals surface area contributed by atoms with Crippen LogP contribution in [0.3, 0.4) is 0 Å². The molecule has 0 saturated carbocycles. The van der Waals surface area contributed by atoms with Crippen LogP contribution in [0, 0.1) is 5.92 Å². The molecule has 2 aliphatic rings. The molecule has 1 aromatic rings. The van der Waals surface area contributed by atoms with Gasteiger partial charge in [0.05, 0.1) is 13.2 Å². The molecule has 0 N–H and O–H groups in total. The Bertz CT molecular complexity index is 472. The van der Waals surface area contributed by atoms with Crippen LogP contribution in [0.2, 0.25) is 0 Å². The second-order valence-electron chi connectivity index (χ2n) is 6.25. The van der Waals surface area contributed by atoms with Crippen molar-refractivity contribution in [3.63, 3.8) is 0 Å². The molecule has 122 valence electrons. The van der Waals surface area contributed by atoms with Gasteiger partial charge in [-0.25, -0.2) is 4.98 Å². The third-order valence-corrected chi connectivity index (χ3v) is 4.68. The zero-order valence-corrected chi connectivity index (χ0v) is 13.2. The molecular formula is C15H25N5O2. The van der Waals surface area contributed by atoms with Crippen molar-refractivity contribution < 1.29 is 9.53 Å². The fourth-order valence-corrected chi connectivity index (χ4v) is 3.44. The first-order chi connectivity index (χ1) is 10.7. The Balaban J connectivity index is 1.45. The fraction of sp³-hybridized carbons (Fsp3) is 0.800. The Morgan fingerprint density at radius 3 is 2.86 bits per heavy atom. The molecule has 3 rings (SSSR count). The summed E-state index contributed by atoms with van der Waals surface area (Å²) in [7, 11) is 0. The second-order valence-corrected chi connectivity index (χ2v) is 6.25. The van der Waals surface area contributed by atoms with E-state index < -0.39 is 0 Å². The van der Waals surface area contributed by atoms with Crippen molar-refractivity contribution in [1.82, 2.24) is 24.6 Å². The summed E-state index contributed by atoms with van der Waals surface area (Å²) < 4.78 is 7.20. The first-order valence-corrected chi connectivity index (χ1v) is 8.16. The number of amides is 1. The van der Waals surface area contributed by atoms with E-state index in [2.05, 4.69) is 21.9 Å². The normalized spacial score (nSPS) is 26.5. The molecular weight excluding hydrogens is 282 g/mol. The molecule has 7 nitrogen and oxygen atoms in total. The van der Waals surface area contributed by atoms with E-state index in [1.165, 1.54) is 6.33 Å². The molecule has 0 radical (unpaired) electrons. The number of aryl methyl sites for hydroxylation is 1. The molecule has 1 aromatic heterocycles. The molecule has 1 amide bonds. The van der Waals surface area contributed by atoms with Crippen molar-refractivity contribution in [1.29, 1.82) is 0 Å². The minimum absolute atomic E-state index is 0.266. The lowest BCUT2D eigenvalue weighted by Crippen LogP contribution is -2.47. The van der Waals surface area contributed by atoms with E-state index in [-0.39, 0.29) is 5.91 Å². The maximum absolute atomic E-state index is 12.4. The van der Waals surface area contributed by atoms with Gasteiger partial charge in [0.1, 0.15) is 12.7 Å². The van der Waals surface area contributed by atoms with E-state index >= 15 is 0 Å². The van der Waals surface area contributed by atoms with Gasteiger partial charge in [-0.2, -0.15) is 5.10 Å². The number of likely N-dealkylation sites (tertiary alicyclic amines) is 1. The zero-order chi connectivity index (χ0) is 15.4. The summed E-state index contributed by atoms with van der Waals surface area (Å²) >= 11 is 0. The summed E-state index contributed by atoms with van der Waals surface area (Å²) in [6, 6.07) is 0.489. The van der Waals surface area contributed by atoms with Gasteiger partial charge in [-0.1, -0.05) is 6.92 Å². The topological polar surface area (TPSA) is 63.5 Å². The average Bonchev–Trinajstić information content (AvgIpc) is 3.17. The smallest absolute Gasteiger partial charge is 0.222 e. The Morgan fingerprint density at radius 2 is 2.14 bits per heavy atom. The van der Waals surface area contributed by atoms with Crippen LogP contribution in [-0.2, 0) is 16.1 Å². The molecule has 2 aliphatic heterocycles. The fourth-order valence-electron chi connectivity index (χ4n) is 3.44. The Kier molecular flexibility index (Phi) is 5.04. The molecule has 0 unspecified atom stereocenters. The monoisotopic (exact) mass is 307 g/mol. The Hall–Kier alpha value is -1.47. The molecule has 0 bridgehead atoms. The number of ether oxygens (including phenoxy) is 1. The van der Waals surface area contributed by atoms with Gasteiger partial charge >= 0.3 is 0 Å². The highest BCUT2D eigenvalue weighted by Gasteiger charge is 2.36. The van der Waals surface area contributed by atoms with E-state index in [4.69, 9.17) is 4.74 Å². The van der Waals surface area contributed by atoms with Crippen molar-refractivity contribution in [2.45, 2.75) is 32.4 Å². The number of rotatable bonds is 5. The summed E-state index contributed by atoms with van der Waals surface area (Å²) in [6.07, 6.45) is 4.62. The number of morpholine rings is 1. The molecule has 7 heteroatoms. The lowest BCUT2D eigenvalue weighted by atomic mass is 10.0. The lowest BCUT2D eigenvalue weighted by Gasteiger charge is -2.34. The molecule has 22 heavy (non-hydrogen) atoms. The van der Waals surface area contributed by atoms with Crippen molar-refractivity contribution in [2.24, 2.45) is 5.92 Å². The van der Waals surface area contributed by atoms with Gasteiger partial charge in [-0.05, 0) is 12.3 Å². The molecule has 3 heterocycles. The second kappa shape index (κ2) is 7.19. The predicted molar refractivity (Wildman–Crippen MR) is 81.2 cm³/mol. The van der Waals surface area contributed by atoms with Crippen LogP contribution in [0.4, 0.5) is 0 Å². The zero-order valence-electron chi connectivity index (χ0n) is 13.2. The number of carbonyl (C=O) groups is 1. The van der Waals surface area contributed by atoms with Crippen molar-refractivity contribution in [3.8, 4) is 0 Å². The van der Waals surface area contributed by atoms with E-state index in [9.17, 15) is 4.79 Å². The first-order valence-electron chi connectivity index (χ1n) is 8.16. The van der Waals surface area contributed by atoms with E-state index in [1.807, 2.05) is 4.90 Å². The number of carbonyl (C=O) groups excluding carboxylic acids is 1. The van der Waals surface area contributed by atoms with Gasteiger partial charge in [0.25, 0.3) is 0 Å². The Labute approximate surface area is 131 Å². The minimum Gasteiger partial charge on any atom is -0.379 e. The molecule has 0 aliphatic carbocycles. The minimum atomic E-state index is 0.266. The van der Waals surface area contributed by atoms with Crippen molar-refractivity contribution in [3.05, 3.63) is 12.7 Å². The number of aromatic nitrogens is 3. The van der Waals surface area contributed by atoms with Gasteiger partial charge in [-0.3, -0.25) is 14.4 Å². The van der Waals surface area contributed by atoms with Crippen molar-refractivity contribution in [2.75, 3.05) is 39.4 Å². The van der Waals surface area contributed by atoms with Crippen LogP contribution in [-0.4, -0.2) is 75.9 Å². The highest BCUT2D eigenvalue weighted by atomic mass is 16.5. The predicted octanol–water partition coefficient (Wildman–Crippen LogP) is 0.237. The van der Waals surface area contributed by atoms with Gasteiger partial charge in [-0.15, -0.1) is 0 Å². The molecule has 0 aromatic carbocycles. The standard InChI is InChI=1S/C15H25N5O2/c1-13-9-19(10-14(13)18-5-7-22-8-6-18)15(21)3-2-4-20-12-16-11-17-20/h11-14H,2-10H2,1H3/t13-,14-/m1/s1. The van der Waals surface area contributed by atoms with E-state index in [1.54, 1.807) is 11.0 Å². The van der Waals surface area contributed by atoms with Crippen LogP contribution in [0.5, 0.6) is 0 Å². The number of hydrogen-bond donors (Lipinski definition) is 0. The molecule has 2 fully saturated rings. The number of hydrogen-bond acceptors (Lipinski definition) is 5. The summed E-state index contributed by atoms with van der Waals surface area (Å²) in [5.41, 5.74) is 0. The van der Waals surface area contributed by atoms with Gasteiger partial charge < -0.3 is 9.64 Å². The van der Waals surface area contributed by atoms with Crippen LogP contribution in [0.25, 0.3) is 0 Å². The SMILES string of the molecule is C[C@@H]1CN(C(=O)CCCn2cncn2)C[C@H]1N1CCOCC1. The number of nitrogens with zero attached hydrogens (tertiary/aromatic N) is 5. The maximum atomic E-state index is 12.4. The van der Waals surface area contributed by atoms with Crippen LogP contribution in [0.15, 0.2) is 12.7 Å². The summed E-state index contributed by atoms with van der Waals surface area (Å²) in [5, 5.41) is 4.06. The third kappa shape index (κ3) is 3.64. The van der Waals surface area contributed by atoms with Gasteiger partial charge in [0.2, 0.25) is 5.91 Å². The highest BCUT2D eigenvalue weighted by Crippen LogP contribution is 2.23. The summed E-state index contributed by atoms with van der Waals surface area (Å²) in [4.78, 5) is 20.8. The first kappa shape index (κ1) is 15.4. The highest BCUT2D eigenvalue weighted by molar-refractivity contribution is 5.76. The largest absolute Gasteiger partial charge is 0.379 e. The molecule has 2 atom stereocenters. The third-order valence-electron chi connectivity index (χ3n) is 4.68. The lowest BCUT2D eigenvalue weighted by molar-refractivity contribution is -0.130. The molecule has 2 saturated heterocycles. The van der Waals surface area contributed by atoms with Crippen LogP contribution >= 0.6 is 0 Å².